The molecule has 5 N–H and O–H groups in total. The van der Waals surface area contributed by atoms with E-state index in [4.69, 9.17) is 15.9 Å². The highest BCUT2D eigenvalue weighted by atomic mass is 19.4. The summed E-state index contributed by atoms with van der Waals surface area (Å²) in [4.78, 5) is 7.48. The topological polar surface area (TPSA) is 109 Å². The van der Waals surface area contributed by atoms with E-state index in [2.05, 4.69) is 20.6 Å². The van der Waals surface area contributed by atoms with Gasteiger partial charge in [0.25, 0.3) is 0 Å². The SMILES string of the molecule is CNc1nc(Nc2cc(N)c(C=N)cc2OC)ncc1C(F)(F)F. The van der Waals surface area contributed by atoms with Gasteiger partial charge in [0.05, 0.1) is 12.8 Å². The van der Waals surface area contributed by atoms with Crippen molar-refractivity contribution in [1.82, 2.24) is 9.97 Å². The third kappa shape index (κ3) is 3.47. The van der Waals surface area contributed by atoms with E-state index in [0.29, 0.717) is 28.9 Å². The Morgan fingerprint density at radius 3 is 2.58 bits per heavy atom. The fourth-order valence-corrected chi connectivity index (χ4v) is 1.96. The average molecular weight is 340 g/mol. The average Bonchev–Trinajstić information content (AvgIpc) is 2.54. The standard InChI is InChI=1S/C14H15F3N6O/c1-20-12-8(14(15,16)17)6-21-13(23-12)22-10-4-9(19)7(5-18)3-11(10)24-2/h3-6,18H,19H2,1-2H3,(H2,20,21,22,23). The molecule has 7 nitrogen and oxygen atoms in total. The number of rotatable bonds is 5. The zero-order valence-corrected chi connectivity index (χ0v) is 12.8. The van der Waals surface area contributed by atoms with Gasteiger partial charge in [-0.3, -0.25) is 0 Å². The molecule has 0 fully saturated rings. The van der Waals surface area contributed by atoms with Gasteiger partial charge in [-0.15, -0.1) is 0 Å². The third-order valence-corrected chi connectivity index (χ3v) is 3.14. The minimum atomic E-state index is -4.56. The lowest BCUT2D eigenvalue weighted by Crippen LogP contribution is -2.12. The normalized spacial score (nSPS) is 11.0. The maximum absolute atomic E-state index is 12.9. The van der Waals surface area contributed by atoms with Gasteiger partial charge < -0.3 is 26.5 Å². The molecule has 1 heterocycles. The molecule has 128 valence electrons. The first kappa shape index (κ1) is 17.3. The van der Waals surface area contributed by atoms with Gasteiger partial charge in [-0.1, -0.05) is 0 Å². The van der Waals surface area contributed by atoms with Gasteiger partial charge in [0.1, 0.15) is 17.1 Å². The van der Waals surface area contributed by atoms with Crippen LogP contribution < -0.4 is 21.1 Å². The van der Waals surface area contributed by atoms with Crippen LogP contribution in [0.15, 0.2) is 18.3 Å². The molecule has 1 aromatic heterocycles. The highest BCUT2D eigenvalue weighted by Crippen LogP contribution is 2.35. The lowest BCUT2D eigenvalue weighted by molar-refractivity contribution is -0.137. The molecule has 0 aliphatic rings. The van der Waals surface area contributed by atoms with E-state index in [-0.39, 0.29) is 11.8 Å². The molecular formula is C14H15F3N6O. The first-order valence-corrected chi connectivity index (χ1v) is 6.67. The fourth-order valence-electron chi connectivity index (χ4n) is 1.96. The highest BCUT2D eigenvalue weighted by molar-refractivity contribution is 5.88. The summed E-state index contributed by atoms with van der Waals surface area (Å²) in [5.74, 6) is -0.0760. The molecule has 2 aromatic rings. The second kappa shape index (κ2) is 6.60. The van der Waals surface area contributed by atoms with Crippen molar-refractivity contribution in [3.63, 3.8) is 0 Å². The smallest absolute Gasteiger partial charge is 0.421 e. The van der Waals surface area contributed by atoms with Crippen LogP contribution in [0.2, 0.25) is 0 Å². The predicted octanol–water partition coefficient (Wildman–Crippen LogP) is 2.87. The molecule has 0 aliphatic heterocycles. The van der Waals surface area contributed by atoms with Crippen LogP contribution in [0, 0.1) is 5.41 Å². The van der Waals surface area contributed by atoms with E-state index in [9.17, 15) is 13.2 Å². The van der Waals surface area contributed by atoms with Gasteiger partial charge in [0, 0.05) is 30.7 Å². The molecule has 24 heavy (non-hydrogen) atoms. The number of anilines is 4. The highest BCUT2D eigenvalue weighted by Gasteiger charge is 2.35. The van der Waals surface area contributed by atoms with E-state index in [1.165, 1.54) is 26.3 Å². The van der Waals surface area contributed by atoms with Crippen LogP contribution in [0.4, 0.5) is 36.3 Å². The number of alkyl halides is 3. The number of nitrogen functional groups attached to an aromatic ring is 1. The molecular weight excluding hydrogens is 325 g/mol. The number of nitrogens with one attached hydrogen (secondary N) is 3. The summed E-state index contributed by atoms with van der Waals surface area (Å²) >= 11 is 0. The number of hydrogen-bond donors (Lipinski definition) is 4. The Labute approximate surface area is 135 Å². The zero-order chi connectivity index (χ0) is 17.9. The largest absolute Gasteiger partial charge is 0.495 e. The molecule has 0 saturated heterocycles. The Bertz CT molecular complexity index is 763. The van der Waals surface area contributed by atoms with Gasteiger partial charge in [-0.05, 0) is 12.1 Å². The number of nitrogens with zero attached hydrogens (tertiary/aromatic N) is 2. The maximum atomic E-state index is 12.9. The van der Waals surface area contributed by atoms with E-state index in [1.54, 1.807) is 0 Å². The molecule has 2 rings (SSSR count). The van der Waals surface area contributed by atoms with Crippen LogP contribution in [-0.4, -0.2) is 30.3 Å². The molecule has 10 heteroatoms. The zero-order valence-electron chi connectivity index (χ0n) is 12.8. The van der Waals surface area contributed by atoms with E-state index in [0.717, 1.165) is 6.21 Å². The molecule has 0 saturated carbocycles. The van der Waals surface area contributed by atoms with Crippen LogP contribution in [0.5, 0.6) is 5.75 Å². The Kier molecular flexibility index (Phi) is 4.77. The Morgan fingerprint density at radius 2 is 2.04 bits per heavy atom. The predicted molar refractivity (Wildman–Crippen MR) is 85.2 cm³/mol. The minimum absolute atomic E-state index is 0.0624. The third-order valence-electron chi connectivity index (χ3n) is 3.14. The van der Waals surface area contributed by atoms with Crippen molar-refractivity contribution in [3.05, 3.63) is 29.5 Å². The van der Waals surface area contributed by atoms with Crippen molar-refractivity contribution in [2.45, 2.75) is 6.18 Å². The number of nitrogens with two attached hydrogens (primary N) is 1. The molecule has 0 atom stereocenters. The number of methoxy groups -OCH3 is 1. The van der Waals surface area contributed by atoms with E-state index < -0.39 is 11.7 Å². The second-order valence-electron chi connectivity index (χ2n) is 4.65. The lowest BCUT2D eigenvalue weighted by Gasteiger charge is -2.15. The van der Waals surface area contributed by atoms with Crippen LogP contribution in [0.3, 0.4) is 0 Å². The first-order valence-electron chi connectivity index (χ1n) is 6.67. The molecule has 0 radical (unpaired) electrons. The van der Waals surface area contributed by atoms with Crippen molar-refractivity contribution in [2.24, 2.45) is 0 Å². The summed E-state index contributed by atoms with van der Waals surface area (Å²) in [6, 6.07) is 3.01. The lowest BCUT2D eigenvalue weighted by atomic mass is 10.1. The molecule has 0 amide bonds. The van der Waals surface area contributed by atoms with Gasteiger partial charge in [-0.2, -0.15) is 18.2 Å². The van der Waals surface area contributed by atoms with Crippen molar-refractivity contribution in [3.8, 4) is 5.75 Å². The van der Waals surface area contributed by atoms with Gasteiger partial charge in [0.15, 0.2) is 0 Å². The number of hydrogen-bond acceptors (Lipinski definition) is 7. The fraction of sp³-hybridized carbons (Fsp3) is 0.214. The van der Waals surface area contributed by atoms with Crippen molar-refractivity contribution < 1.29 is 17.9 Å². The number of halogens is 3. The molecule has 0 bridgehead atoms. The summed E-state index contributed by atoms with van der Waals surface area (Å²) < 4.78 is 43.7. The quantitative estimate of drug-likeness (QED) is 0.492. The van der Waals surface area contributed by atoms with Gasteiger partial charge >= 0.3 is 6.18 Å². The summed E-state index contributed by atoms with van der Waals surface area (Å²) in [5.41, 5.74) is 5.94. The van der Waals surface area contributed by atoms with Crippen LogP contribution >= 0.6 is 0 Å². The molecule has 0 unspecified atom stereocenters. The van der Waals surface area contributed by atoms with Crippen LogP contribution in [0.25, 0.3) is 0 Å². The molecule has 0 aliphatic carbocycles. The number of ether oxygens (including phenoxy) is 1. The van der Waals surface area contributed by atoms with Crippen LogP contribution in [0.1, 0.15) is 11.1 Å². The summed E-state index contributed by atoms with van der Waals surface area (Å²) in [6.45, 7) is 0. The maximum Gasteiger partial charge on any atom is 0.421 e. The Hall–Kier alpha value is -3.04. The number of benzene rings is 1. The summed E-state index contributed by atoms with van der Waals surface area (Å²) in [5, 5.41) is 12.4. The molecule has 1 aromatic carbocycles. The van der Waals surface area contributed by atoms with Gasteiger partial charge in [0.2, 0.25) is 5.95 Å². The Morgan fingerprint density at radius 1 is 1.33 bits per heavy atom. The summed E-state index contributed by atoms with van der Waals surface area (Å²) in [7, 11) is 2.75. The summed E-state index contributed by atoms with van der Waals surface area (Å²) in [6.07, 6.45) is -2.82. The second-order valence-corrected chi connectivity index (χ2v) is 4.65. The van der Waals surface area contributed by atoms with Gasteiger partial charge in [-0.25, -0.2) is 4.98 Å². The van der Waals surface area contributed by atoms with Crippen molar-refractivity contribution >= 4 is 29.4 Å². The first-order chi connectivity index (χ1) is 11.3. The Balaban J connectivity index is 2.41. The van der Waals surface area contributed by atoms with E-state index >= 15 is 0 Å². The van der Waals surface area contributed by atoms with E-state index in [1.807, 2.05) is 0 Å². The molecule has 0 spiro atoms. The van der Waals surface area contributed by atoms with Crippen molar-refractivity contribution in [2.75, 3.05) is 30.5 Å². The van der Waals surface area contributed by atoms with Crippen molar-refractivity contribution in [1.29, 1.82) is 5.41 Å². The van der Waals surface area contributed by atoms with Crippen LogP contribution in [-0.2, 0) is 6.18 Å². The number of aromatic nitrogens is 2. The minimum Gasteiger partial charge on any atom is -0.495 e. The monoisotopic (exact) mass is 340 g/mol.